The summed E-state index contributed by atoms with van der Waals surface area (Å²) in [6.45, 7) is 1.43. The molecule has 2 aliphatic rings. The molecule has 1 heterocycles. The zero-order chi connectivity index (χ0) is 12.1. The molecule has 0 aromatic carbocycles. The van der Waals surface area contributed by atoms with Gasteiger partial charge in [-0.15, -0.1) is 12.4 Å². The molecule has 0 spiro atoms. The summed E-state index contributed by atoms with van der Waals surface area (Å²) < 4.78 is 5.61. The van der Waals surface area contributed by atoms with E-state index in [9.17, 15) is 4.79 Å². The second-order valence-electron chi connectivity index (χ2n) is 5.27. The van der Waals surface area contributed by atoms with Gasteiger partial charge in [-0.25, -0.2) is 0 Å². The average Bonchev–Trinajstić information content (AvgIpc) is 3.19. The van der Waals surface area contributed by atoms with Crippen LogP contribution >= 0.6 is 12.4 Å². The number of rotatable bonds is 6. The van der Waals surface area contributed by atoms with Crippen molar-refractivity contribution in [3.8, 4) is 0 Å². The quantitative estimate of drug-likeness (QED) is 0.775. The molecule has 4 nitrogen and oxygen atoms in total. The number of halogens is 1. The lowest BCUT2D eigenvalue weighted by Gasteiger charge is -2.23. The van der Waals surface area contributed by atoms with Crippen molar-refractivity contribution in [2.45, 2.75) is 57.1 Å². The fraction of sp³-hybridized carbons (Fsp3) is 0.923. The molecule has 1 aliphatic carbocycles. The van der Waals surface area contributed by atoms with Gasteiger partial charge in [0.1, 0.15) is 0 Å². The number of nitrogens with two attached hydrogens (primary N) is 1. The molecule has 0 bridgehead atoms. The van der Waals surface area contributed by atoms with E-state index < -0.39 is 0 Å². The number of ether oxygens (including phenoxy) is 1. The molecule has 1 aliphatic heterocycles. The van der Waals surface area contributed by atoms with E-state index in [2.05, 4.69) is 5.32 Å². The minimum absolute atomic E-state index is 0. The molecule has 0 aromatic rings. The zero-order valence-electron chi connectivity index (χ0n) is 10.9. The van der Waals surface area contributed by atoms with E-state index in [1.54, 1.807) is 0 Å². The summed E-state index contributed by atoms with van der Waals surface area (Å²) in [5, 5.41) is 3.05. The molecule has 1 saturated heterocycles. The van der Waals surface area contributed by atoms with Crippen LogP contribution in [0.2, 0.25) is 0 Å². The lowest BCUT2D eigenvalue weighted by molar-refractivity contribution is -0.122. The number of nitrogens with one attached hydrogen (secondary N) is 1. The van der Waals surface area contributed by atoms with Gasteiger partial charge in [0.2, 0.25) is 5.91 Å². The molecule has 0 radical (unpaired) electrons. The maximum Gasteiger partial charge on any atom is 0.220 e. The van der Waals surface area contributed by atoms with Gasteiger partial charge in [0.05, 0.1) is 6.10 Å². The van der Waals surface area contributed by atoms with Crippen LogP contribution in [0.4, 0.5) is 0 Å². The predicted molar refractivity (Wildman–Crippen MR) is 73.8 cm³/mol. The van der Waals surface area contributed by atoms with Crippen molar-refractivity contribution in [1.82, 2.24) is 5.32 Å². The van der Waals surface area contributed by atoms with Crippen molar-refractivity contribution in [3.63, 3.8) is 0 Å². The molecule has 2 unspecified atom stereocenters. The van der Waals surface area contributed by atoms with Crippen LogP contribution in [0.5, 0.6) is 0 Å². The average molecular weight is 277 g/mol. The maximum atomic E-state index is 11.8. The number of hydrogen-bond donors (Lipinski definition) is 2. The molecule has 2 rings (SSSR count). The van der Waals surface area contributed by atoms with Crippen LogP contribution in [-0.4, -0.2) is 31.2 Å². The predicted octanol–water partition coefficient (Wildman–Crippen LogP) is 1.61. The minimum atomic E-state index is 0. The Balaban J connectivity index is 0.00000162. The molecule has 0 aromatic heterocycles. The van der Waals surface area contributed by atoms with Crippen LogP contribution in [0.1, 0.15) is 44.9 Å². The van der Waals surface area contributed by atoms with Gasteiger partial charge in [-0.1, -0.05) is 0 Å². The highest BCUT2D eigenvalue weighted by Crippen LogP contribution is 2.32. The lowest BCUT2D eigenvalue weighted by Crippen LogP contribution is -2.42. The van der Waals surface area contributed by atoms with Gasteiger partial charge in [0.15, 0.2) is 0 Å². The van der Waals surface area contributed by atoms with E-state index in [-0.39, 0.29) is 24.4 Å². The third-order valence-electron chi connectivity index (χ3n) is 3.76. The highest BCUT2D eigenvalue weighted by atomic mass is 35.5. The SMILES string of the molecule is Cl.NCC(NC(=O)CCC1CCCCO1)C1CC1. The molecule has 1 amide bonds. The first-order valence-corrected chi connectivity index (χ1v) is 6.90. The lowest BCUT2D eigenvalue weighted by atomic mass is 10.0. The fourth-order valence-electron chi connectivity index (χ4n) is 2.47. The molecule has 18 heavy (non-hydrogen) atoms. The standard InChI is InChI=1S/C13H24N2O2.ClH/c14-9-12(10-4-5-10)15-13(16)7-6-11-3-1-2-8-17-11;/h10-12H,1-9,14H2,(H,15,16);1H. The number of carbonyl (C=O) groups excluding carboxylic acids is 1. The Morgan fingerprint density at radius 2 is 2.11 bits per heavy atom. The molecule has 1 saturated carbocycles. The van der Waals surface area contributed by atoms with Crippen LogP contribution in [0.15, 0.2) is 0 Å². The van der Waals surface area contributed by atoms with Gasteiger partial charge in [-0.05, 0) is 44.4 Å². The third-order valence-corrected chi connectivity index (χ3v) is 3.76. The Hall–Kier alpha value is -0.320. The van der Waals surface area contributed by atoms with Crippen molar-refractivity contribution < 1.29 is 9.53 Å². The largest absolute Gasteiger partial charge is 0.378 e. The van der Waals surface area contributed by atoms with Crippen molar-refractivity contribution in [3.05, 3.63) is 0 Å². The Bertz CT molecular complexity index is 253. The number of carbonyl (C=O) groups is 1. The van der Waals surface area contributed by atoms with Crippen LogP contribution in [0.3, 0.4) is 0 Å². The van der Waals surface area contributed by atoms with Crippen molar-refractivity contribution in [2.24, 2.45) is 11.7 Å². The first-order valence-electron chi connectivity index (χ1n) is 6.90. The molecule has 3 N–H and O–H groups in total. The molecule has 106 valence electrons. The van der Waals surface area contributed by atoms with Gasteiger partial charge < -0.3 is 15.8 Å². The second-order valence-corrected chi connectivity index (χ2v) is 5.27. The van der Waals surface area contributed by atoms with Gasteiger partial charge in [-0.3, -0.25) is 4.79 Å². The van der Waals surface area contributed by atoms with Gasteiger partial charge in [0, 0.05) is 25.6 Å². The summed E-state index contributed by atoms with van der Waals surface area (Å²) in [5.41, 5.74) is 5.66. The van der Waals surface area contributed by atoms with Gasteiger partial charge in [-0.2, -0.15) is 0 Å². The molecule has 5 heteroatoms. The molecular formula is C13H25ClN2O2. The fourth-order valence-corrected chi connectivity index (χ4v) is 2.47. The summed E-state index contributed by atoms with van der Waals surface area (Å²) >= 11 is 0. The normalized spacial score (nSPS) is 25.1. The highest BCUT2D eigenvalue weighted by Gasteiger charge is 2.31. The van der Waals surface area contributed by atoms with Crippen molar-refractivity contribution in [1.29, 1.82) is 0 Å². The number of hydrogen-bond acceptors (Lipinski definition) is 3. The van der Waals surface area contributed by atoms with Crippen LogP contribution in [0.25, 0.3) is 0 Å². The minimum Gasteiger partial charge on any atom is -0.378 e. The summed E-state index contributed by atoms with van der Waals surface area (Å²) in [5.74, 6) is 0.774. The van der Waals surface area contributed by atoms with Gasteiger partial charge >= 0.3 is 0 Å². The van der Waals surface area contributed by atoms with E-state index >= 15 is 0 Å². The first-order chi connectivity index (χ1) is 8.29. The zero-order valence-corrected chi connectivity index (χ0v) is 11.7. The molecule has 2 fully saturated rings. The summed E-state index contributed by atoms with van der Waals surface area (Å²) in [6, 6.07) is 0.203. The second kappa shape index (κ2) is 7.97. The van der Waals surface area contributed by atoms with E-state index in [1.807, 2.05) is 0 Å². The molecular weight excluding hydrogens is 252 g/mol. The van der Waals surface area contributed by atoms with E-state index in [1.165, 1.54) is 25.7 Å². The topological polar surface area (TPSA) is 64.3 Å². The van der Waals surface area contributed by atoms with E-state index in [0.717, 1.165) is 19.4 Å². The Labute approximate surface area is 115 Å². The first kappa shape index (κ1) is 15.7. The third kappa shape index (κ3) is 5.12. The van der Waals surface area contributed by atoms with Crippen molar-refractivity contribution in [2.75, 3.05) is 13.2 Å². The van der Waals surface area contributed by atoms with Crippen LogP contribution in [0, 0.1) is 5.92 Å². The Kier molecular flexibility index (Phi) is 6.97. The smallest absolute Gasteiger partial charge is 0.220 e. The number of amides is 1. The van der Waals surface area contributed by atoms with E-state index in [4.69, 9.17) is 10.5 Å². The van der Waals surface area contributed by atoms with E-state index in [0.29, 0.717) is 25.0 Å². The highest BCUT2D eigenvalue weighted by molar-refractivity contribution is 5.85. The summed E-state index contributed by atoms with van der Waals surface area (Å²) in [4.78, 5) is 11.8. The monoisotopic (exact) mass is 276 g/mol. The molecule has 2 atom stereocenters. The van der Waals surface area contributed by atoms with Crippen LogP contribution < -0.4 is 11.1 Å². The Morgan fingerprint density at radius 1 is 1.33 bits per heavy atom. The summed E-state index contributed by atoms with van der Waals surface area (Å²) in [7, 11) is 0. The van der Waals surface area contributed by atoms with Crippen LogP contribution in [-0.2, 0) is 9.53 Å². The van der Waals surface area contributed by atoms with Gasteiger partial charge in [0.25, 0.3) is 0 Å². The summed E-state index contributed by atoms with van der Waals surface area (Å²) in [6.07, 6.45) is 7.67. The maximum absolute atomic E-state index is 11.8. The Morgan fingerprint density at radius 3 is 2.67 bits per heavy atom. The van der Waals surface area contributed by atoms with Crippen molar-refractivity contribution >= 4 is 18.3 Å².